The summed E-state index contributed by atoms with van der Waals surface area (Å²) in [5.41, 5.74) is 8.08. The van der Waals surface area contributed by atoms with Crippen molar-refractivity contribution in [1.29, 1.82) is 5.26 Å². The van der Waals surface area contributed by atoms with E-state index in [-0.39, 0.29) is 5.82 Å². The first-order valence-corrected chi connectivity index (χ1v) is 7.88. The molecule has 3 heterocycles. The van der Waals surface area contributed by atoms with Crippen LogP contribution < -0.4 is 11.1 Å². The van der Waals surface area contributed by atoms with Crippen LogP contribution in [0, 0.1) is 11.3 Å². The van der Waals surface area contributed by atoms with E-state index in [1.807, 2.05) is 18.3 Å². The molecule has 0 saturated carbocycles. The number of anilines is 2. The lowest BCUT2D eigenvalue weighted by Gasteiger charge is -2.05. The number of nitriles is 1. The van der Waals surface area contributed by atoms with Gasteiger partial charge in [-0.2, -0.15) is 5.26 Å². The first-order chi connectivity index (χ1) is 11.0. The van der Waals surface area contributed by atoms with Gasteiger partial charge in [0.1, 0.15) is 16.1 Å². The number of carbonyl (C=O) groups is 1. The monoisotopic (exact) mass is 434 g/mol. The minimum atomic E-state index is -0.777. The zero-order valence-corrected chi connectivity index (χ0v) is 14.6. The zero-order chi connectivity index (χ0) is 16.6. The van der Waals surface area contributed by atoms with E-state index in [0.717, 1.165) is 11.1 Å². The molecule has 0 radical (unpaired) electrons. The Morgan fingerprint density at radius 3 is 2.83 bits per heavy atom. The Morgan fingerprint density at radius 1 is 1.35 bits per heavy atom. The van der Waals surface area contributed by atoms with E-state index in [4.69, 9.17) is 11.0 Å². The van der Waals surface area contributed by atoms with Crippen LogP contribution in [-0.2, 0) is 4.79 Å². The lowest BCUT2D eigenvalue weighted by molar-refractivity contribution is -0.111. The second-order valence-corrected chi connectivity index (χ2v) is 6.16. The summed E-state index contributed by atoms with van der Waals surface area (Å²) in [4.78, 5) is 19.6. The van der Waals surface area contributed by atoms with E-state index in [0.29, 0.717) is 20.5 Å². The zero-order valence-electron chi connectivity index (χ0n) is 11.4. The number of amides is 1. The fraction of sp³-hybridized carbons (Fsp3) is 0. The summed E-state index contributed by atoms with van der Waals surface area (Å²) < 4.78 is 3.01. The molecule has 1 amide bonds. The van der Waals surface area contributed by atoms with Gasteiger partial charge in [0.15, 0.2) is 11.9 Å². The van der Waals surface area contributed by atoms with Crippen LogP contribution in [0.25, 0.3) is 16.8 Å². The van der Waals surface area contributed by atoms with E-state index in [9.17, 15) is 4.79 Å². The summed E-state index contributed by atoms with van der Waals surface area (Å²) in [6.45, 7) is 0. The van der Waals surface area contributed by atoms with E-state index in [2.05, 4.69) is 47.1 Å². The van der Waals surface area contributed by atoms with Gasteiger partial charge in [-0.3, -0.25) is 14.5 Å². The van der Waals surface area contributed by atoms with Crippen LogP contribution in [0.2, 0.25) is 0 Å². The van der Waals surface area contributed by atoms with Crippen molar-refractivity contribution >= 4 is 55.0 Å². The van der Waals surface area contributed by atoms with Crippen molar-refractivity contribution in [2.45, 2.75) is 0 Å². The standard InChI is InChI=1S/C14H8Br2N6O/c15-9-3-8(5-19-13(9)18)7-1-2-10-20-14(21-11(23)4-17)12(16)22(10)6-7/h1-3,5-6H,(H2,18,19)(H,21,23). The molecular formula is C14H8Br2N6O. The maximum Gasteiger partial charge on any atom is 0.328 e. The van der Waals surface area contributed by atoms with Crippen molar-refractivity contribution in [2.75, 3.05) is 11.1 Å². The normalized spacial score (nSPS) is 10.5. The molecule has 9 heteroatoms. The predicted molar refractivity (Wildman–Crippen MR) is 92.5 cm³/mol. The van der Waals surface area contributed by atoms with Gasteiger partial charge in [0.05, 0.1) is 4.47 Å². The Labute approximate surface area is 147 Å². The minimum absolute atomic E-state index is 0.283. The highest BCUT2D eigenvalue weighted by Gasteiger charge is 2.13. The third-order valence-corrected chi connectivity index (χ3v) is 4.49. The first kappa shape index (κ1) is 15.5. The highest BCUT2D eigenvalue weighted by atomic mass is 79.9. The van der Waals surface area contributed by atoms with Gasteiger partial charge in [0.2, 0.25) is 0 Å². The number of nitrogens with zero attached hydrogens (tertiary/aromatic N) is 4. The number of hydrogen-bond acceptors (Lipinski definition) is 5. The van der Waals surface area contributed by atoms with Crippen LogP contribution in [-0.4, -0.2) is 20.3 Å². The Balaban J connectivity index is 2.08. The lowest BCUT2D eigenvalue weighted by atomic mass is 10.1. The van der Waals surface area contributed by atoms with Crippen LogP contribution in [0.3, 0.4) is 0 Å². The molecule has 114 valence electrons. The molecule has 23 heavy (non-hydrogen) atoms. The molecule has 0 atom stereocenters. The maximum absolute atomic E-state index is 11.2. The van der Waals surface area contributed by atoms with E-state index < -0.39 is 5.91 Å². The second kappa shape index (κ2) is 5.98. The molecule has 0 aliphatic heterocycles. The fourth-order valence-electron chi connectivity index (χ4n) is 2.01. The molecule has 0 spiro atoms. The molecule has 0 aliphatic rings. The van der Waals surface area contributed by atoms with Gasteiger partial charge in [-0.05, 0) is 50.1 Å². The number of carbonyl (C=O) groups excluding carboxylic acids is 1. The molecule has 3 rings (SSSR count). The number of rotatable bonds is 2. The second-order valence-electron chi connectivity index (χ2n) is 4.55. The van der Waals surface area contributed by atoms with Crippen molar-refractivity contribution < 1.29 is 4.79 Å². The fourth-order valence-corrected chi connectivity index (χ4v) is 2.83. The van der Waals surface area contributed by atoms with E-state index in [1.165, 1.54) is 6.07 Å². The highest BCUT2D eigenvalue weighted by molar-refractivity contribution is 9.10. The van der Waals surface area contributed by atoms with Gasteiger partial charge in [-0.25, -0.2) is 9.97 Å². The smallest absolute Gasteiger partial charge is 0.328 e. The topological polar surface area (TPSA) is 109 Å². The van der Waals surface area contributed by atoms with Gasteiger partial charge >= 0.3 is 5.91 Å². The minimum Gasteiger partial charge on any atom is -0.383 e. The Hall–Kier alpha value is -2.44. The number of hydrogen-bond donors (Lipinski definition) is 2. The van der Waals surface area contributed by atoms with Crippen molar-refractivity contribution in [2.24, 2.45) is 0 Å². The van der Waals surface area contributed by atoms with Gasteiger partial charge < -0.3 is 5.73 Å². The number of nitrogen functional groups attached to an aromatic ring is 1. The van der Waals surface area contributed by atoms with E-state index in [1.54, 1.807) is 16.7 Å². The summed E-state index contributed by atoms with van der Waals surface area (Å²) in [6.07, 6.45) is 3.51. The van der Waals surface area contributed by atoms with E-state index >= 15 is 0 Å². The molecule has 3 aromatic heterocycles. The van der Waals surface area contributed by atoms with Gasteiger partial charge in [-0.1, -0.05) is 0 Å². The number of nitrogens with two attached hydrogens (primary N) is 1. The van der Waals surface area contributed by atoms with Crippen molar-refractivity contribution in [3.63, 3.8) is 0 Å². The molecule has 0 saturated heterocycles. The molecular weight excluding hydrogens is 428 g/mol. The Bertz CT molecular complexity index is 975. The van der Waals surface area contributed by atoms with Crippen LogP contribution in [0.4, 0.5) is 11.6 Å². The van der Waals surface area contributed by atoms with Crippen LogP contribution >= 0.6 is 31.9 Å². The molecule has 0 unspecified atom stereocenters. The SMILES string of the molecule is N#CC(=O)Nc1nc2ccc(-c3cnc(N)c(Br)c3)cn2c1Br. The number of fused-ring (bicyclic) bond motifs is 1. The number of pyridine rings is 2. The lowest BCUT2D eigenvalue weighted by Crippen LogP contribution is -2.08. The molecule has 0 bridgehead atoms. The Kier molecular flexibility index (Phi) is 4.02. The van der Waals surface area contributed by atoms with Gasteiger partial charge in [0, 0.05) is 23.5 Å². The molecule has 3 aromatic rings. The molecule has 0 aromatic carbocycles. The third kappa shape index (κ3) is 2.91. The molecule has 3 N–H and O–H groups in total. The quantitative estimate of drug-likeness (QED) is 0.601. The van der Waals surface area contributed by atoms with Crippen molar-refractivity contribution in [3.8, 4) is 17.2 Å². The van der Waals surface area contributed by atoms with Crippen LogP contribution in [0.15, 0.2) is 39.7 Å². The maximum atomic E-state index is 11.2. The van der Waals surface area contributed by atoms with Gasteiger partial charge in [-0.15, -0.1) is 0 Å². The van der Waals surface area contributed by atoms with Crippen molar-refractivity contribution in [3.05, 3.63) is 39.7 Å². The average Bonchev–Trinajstić information content (AvgIpc) is 2.85. The van der Waals surface area contributed by atoms with Gasteiger partial charge in [0.25, 0.3) is 0 Å². The number of halogens is 2. The molecule has 7 nitrogen and oxygen atoms in total. The summed E-state index contributed by atoms with van der Waals surface area (Å²) in [5.74, 6) is -0.0774. The number of nitrogens with one attached hydrogen (secondary N) is 1. The third-order valence-electron chi connectivity index (χ3n) is 3.10. The van der Waals surface area contributed by atoms with Crippen molar-refractivity contribution in [1.82, 2.24) is 14.4 Å². The first-order valence-electron chi connectivity index (χ1n) is 6.29. The summed E-state index contributed by atoms with van der Waals surface area (Å²) in [5, 5.41) is 11.0. The number of aromatic nitrogens is 3. The highest BCUT2D eigenvalue weighted by Crippen LogP contribution is 2.29. The molecule has 0 aliphatic carbocycles. The summed E-state index contributed by atoms with van der Waals surface area (Å²) in [7, 11) is 0. The largest absolute Gasteiger partial charge is 0.383 e. The van der Waals surface area contributed by atoms with Crippen LogP contribution in [0.5, 0.6) is 0 Å². The summed E-state index contributed by atoms with van der Waals surface area (Å²) >= 11 is 6.73. The summed E-state index contributed by atoms with van der Waals surface area (Å²) in [6, 6.07) is 7.03. The number of imidazole rings is 1. The predicted octanol–water partition coefficient (Wildman–Crippen LogP) is 2.97. The molecule has 0 fully saturated rings. The average molecular weight is 436 g/mol. The van der Waals surface area contributed by atoms with Crippen LogP contribution in [0.1, 0.15) is 0 Å². The Morgan fingerprint density at radius 2 is 2.13 bits per heavy atom.